The van der Waals surface area contributed by atoms with Gasteiger partial charge >= 0.3 is 0 Å². The highest BCUT2D eigenvalue weighted by molar-refractivity contribution is 6.44. The summed E-state index contributed by atoms with van der Waals surface area (Å²) in [4.78, 5) is 11.9. The summed E-state index contributed by atoms with van der Waals surface area (Å²) in [5.41, 5.74) is 1.03. The van der Waals surface area contributed by atoms with Crippen LogP contribution in [-0.4, -0.2) is 12.5 Å². The average molecular weight is 364 g/mol. The average Bonchev–Trinajstić information content (AvgIpc) is 2.45. The Balaban J connectivity index is 1.99. The quantitative estimate of drug-likeness (QED) is 0.768. The van der Waals surface area contributed by atoms with Gasteiger partial charge in [-0.1, -0.05) is 52.5 Å². The van der Waals surface area contributed by atoms with Crippen LogP contribution in [-0.2, 0) is 4.79 Å². The first-order valence-corrected chi connectivity index (χ1v) is 7.41. The van der Waals surface area contributed by atoms with Crippen LogP contribution in [0, 0.1) is 0 Å². The first-order chi connectivity index (χ1) is 9.97. The summed E-state index contributed by atoms with van der Waals surface area (Å²) in [5.74, 6) is -0.282. The summed E-state index contributed by atoms with van der Waals surface area (Å²) in [6.07, 6.45) is 0. The van der Waals surface area contributed by atoms with E-state index < -0.39 is 0 Å². The Morgan fingerprint density at radius 3 is 2.48 bits per heavy atom. The molecule has 7 heteroatoms. The number of amides is 1. The van der Waals surface area contributed by atoms with Crippen LogP contribution in [0.15, 0.2) is 36.4 Å². The summed E-state index contributed by atoms with van der Waals surface area (Å²) < 4.78 is 0. The van der Waals surface area contributed by atoms with E-state index in [1.165, 1.54) is 0 Å². The zero-order valence-electron chi connectivity index (χ0n) is 10.6. The minimum absolute atomic E-state index is 0.0168. The molecule has 0 aliphatic rings. The molecular formula is C14H10Cl4N2O. The van der Waals surface area contributed by atoms with Crippen LogP contribution in [0.25, 0.3) is 0 Å². The van der Waals surface area contributed by atoms with Crippen molar-refractivity contribution in [1.29, 1.82) is 0 Å². The van der Waals surface area contributed by atoms with E-state index in [9.17, 15) is 4.79 Å². The van der Waals surface area contributed by atoms with Crippen LogP contribution < -0.4 is 10.6 Å². The zero-order valence-corrected chi connectivity index (χ0v) is 13.6. The monoisotopic (exact) mass is 362 g/mol. The van der Waals surface area contributed by atoms with Crippen molar-refractivity contribution in [3.63, 3.8) is 0 Å². The molecule has 0 saturated heterocycles. The summed E-state index contributed by atoms with van der Waals surface area (Å²) in [6.45, 7) is 0.0168. The Labute approximate surface area is 142 Å². The standard InChI is InChI=1S/C14H10Cl4N2O/c15-8-4-5-9(16)12(6-8)19-7-13(21)20-11-3-1-2-10(17)14(11)18/h1-6,19H,7H2,(H,20,21). The third-order valence-electron chi connectivity index (χ3n) is 2.59. The van der Waals surface area contributed by atoms with Gasteiger partial charge in [-0.15, -0.1) is 0 Å². The van der Waals surface area contributed by atoms with Gasteiger partial charge in [0, 0.05) is 5.02 Å². The fourth-order valence-corrected chi connectivity index (χ4v) is 2.31. The van der Waals surface area contributed by atoms with Gasteiger partial charge in [0.1, 0.15) is 0 Å². The normalized spacial score (nSPS) is 10.3. The maximum Gasteiger partial charge on any atom is 0.243 e. The first kappa shape index (κ1) is 16.2. The Hall–Kier alpha value is -1.13. The fraction of sp³-hybridized carbons (Fsp3) is 0.0714. The van der Waals surface area contributed by atoms with Gasteiger partial charge in [0.15, 0.2) is 0 Å². The van der Waals surface area contributed by atoms with Gasteiger partial charge in [-0.3, -0.25) is 4.79 Å². The van der Waals surface area contributed by atoms with Gasteiger partial charge in [0.2, 0.25) is 5.91 Å². The highest BCUT2D eigenvalue weighted by atomic mass is 35.5. The molecule has 0 heterocycles. The van der Waals surface area contributed by atoms with Gasteiger partial charge < -0.3 is 10.6 Å². The summed E-state index contributed by atoms with van der Waals surface area (Å²) >= 11 is 23.7. The maximum atomic E-state index is 11.9. The molecule has 0 saturated carbocycles. The third kappa shape index (κ3) is 4.42. The van der Waals surface area contributed by atoms with E-state index in [1.807, 2.05) is 0 Å². The molecule has 0 unspecified atom stereocenters. The lowest BCUT2D eigenvalue weighted by atomic mass is 10.3. The molecule has 2 aromatic rings. The predicted octanol–water partition coefficient (Wildman–Crippen LogP) is 5.35. The van der Waals surface area contributed by atoms with E-state index in [0.717, 1.165) is 0 Å². The van der Waals surface area contributed by atoms with Crippen LogP contribution in [0.1, 0.15) is 0 Å². The maximum absolute atomic E-state index is 11.9. The van der Waals surface area contributed by atoms with E-state index >= 15 is 0 Å². The molecule has 2 aromatic carbocycles. The molecule has 2 rings (SSSR count). The van der Waals surface area contributed by atoms with Gasteiger partial charge in [-0.25, -0.2) is 0 Å². The van der Waals surface area contributed by atoms with Crippen LogP contribution in [0.2, 0.25) is 20.1 Å². The number of benzene rings is 2. The molecule has 110 valence electrons. The van der Waals surface area contributed by atoms with Crippen molar-refractivity contribution < 1.29 is 4.79 Å². The molecule has 0 aromatic heterocycles. The highest BCUT2D eigenvalue weighted by Gasteiger charge is 2.09. The van der Waals surface area contributed by atoms with Crippen LogP contribution in [0.4, 0.5) is 11.4 Å². The lowest BCUT2D eigenvalue weighted by molar-refractivity contribution is -0.114. The van der Waals surface area contributed by atoms with Gasteiger partial charge in [-0.05, 0) is 30.3 Å². The first-order valence-electron chi connectivity index (χ1n) is 5.90. The molecule has 0 radical (unpaired) electrons. The number of carbonyl (C=O) groups is 1. The molecule has 0 bridgehead atoms. The summed E-state index contributed by atoms with van der Waals surface area (Å²) in [6, 6.07) is 9.97. The van der Waals surface area contributed by atoms with Crippen molar-refractivity contribution in [3.8, 4) is 0 Å². The SMILES string of the molecule is O=C(CNc1cc(Cl)ccc1Cl)Nc1cccc(Cl)c1Cl. The van der Waals surface area contributed by atoms with Crippen molar-refractivity contribution in [2.75, 3.05) is 17.2 Å². The molecule has 0 atom stereocenters. The Morgan fingerprint density at radius 1 is 0.952 bits per heavy atom. The van der Waals surface area contributed by atoms with Crippen LogP contribution >= 0.6 is 46.4 Å². The van der Waals surface area contributed by atoms with E-state index in [1.54, 1.807) is 36.4 Å². The van der Waals surface area contributed by atoms with Crippen molar-refractivity contribution in [3.05, 3.63) is 56.5 Å². The van der Waals surface area contributed by atoms with Crippen LogP contribution in [0.5, 0.6) is 0 Å². The predicted molar refractivity (Wildman–Crippen MR) is 90.0 cm³/mol. The Bertz CT molecular complexity index is 676. The van der Waals surface area contributed by atoms with E-state index in [4.69, 9.17) is 46.4 Å². The molecule has 0 fully saturated rings. The molecule has 3 nitrogen and oxygen atoms in total. The summed E-state index contributed by atoms with van der Waals surface area (Å²) in [5, 5.41) is 7.25. The topological polar surface area (TPSA) is 41.1 Å². The number of halogens is 4. The second-order valence-corrected chi connectivity index (χ2v) is 5.76. The molecule has 21 heavy (non-hydrogen) atoms. The highest BCUT2D eigenvalue weighted by Crippen LogP contribution is 2.29. The van der Waals surface area contributed by atoms with Crippen molar-refractivity contribution in [2.45, 2.75) is 0 Å². The van der Waals surface area contributed by atoms with E-state index in [2.05, 4.69) is 10.6 Å². The molecule has 2 N–H and O–H groups in total. The van der Waals surface area contributed by atoms with Gasteiger partial charge in [0.25, 0.3) is 0 Å². The molecule has 1 amide bonds. The molecule has 0 aliphatic heterocycles. The van der Waals surface area contributed by atoms with Gasteiger partial charge in [0.05, 0.1) is 33.0 Å². The lowest BCUT2D eigenvalue weighted by Gasteiger charge is -2.11. The number of hydrogen-bond acceptors (Lipinski definition) is 2. The van der Waals surface area contributed by atoms with Gasteiger partial charge in [-0.2, -0.15) is 0 Å². The Kier molecular flexibility index (Phi) is 5.59. The minimum Gasteiger partial charge on any atom is -0.375 e. The summed E-state index contributed by atoms with van der Waals surface area (Å²) in [7, 11) is 0. The Morgan fingerprint density at radius 2 is 1.71 bits per heavy atom. The molecule has 0 aliphatic carbocycles. The second-order valence-electron chi connectivity index (χ2n) is 4.13. The fourth-order valence-electron chi connectivity index (χ4n) is 1.60. The molecule has 0 spiro atoms. The van der Waals surface area contributed by atoms with Crippen LogP contribution in [0.3, 0.4) is 0 Å². The second kappa shape index (κ2) is 7.23. The third-order valence-corrected chi connectivity index (χ3v) is 3.98. The van der Waals surface area contributed by atoms with Crippen molar-refractivity contribution in [2.24, 2.45) is 0 Å². The smallest absolute Gasteiger partial charge is 0.243 e. The number of hydrogen-bond donors (Lipinski definition) is 2. The molecular weight excluding hydrogens is 354 g/mol. The lowest BCUT2D eigenvalue weighted by Crippen LogP contribution is -2.22. The number of carbonyl (C=O) groups excluding carboxylic acids is 1. The largest absolute Gasteiger partial charge is 0.375 e. The van der Waals surface area contributed by atoms with E-state index in [-0.39, 0.29) is 12.5 Å². The van der Waals surface area contributed by atoms with E-state index in [0.29, 0.717) is 31.5 Å². The number of rotatable bonds is 4. The zero-order chi connectivity index (χ0) is 15.4. The number of nitrogens with one attached hydrogen (secondary N) is 2. The minimum atomic E-state index is -0.282. The van der Waals surface area contributed by atoms with Crippen molar-refractivity contribution >= 4 is 63.7 Å². The number of anilines is 2. The van der Waals surface area contributed by atoms with Crippen molar-refractivity contribution in [1.82, 2.24) is 0 Å².